The Morgan fingerprint density at radius 3 is 2.65 bits per heavy atom. The summed E-state index contributed by atoms with van der Waals surface area (Å²) in [6, 6.07) is 7.58. The molecule has 1 aliphatic heterocycles. The smallest absolute Gasteiger partial charge is 0.251 e. The fourth-order valence-electron chi connectivity index (χ4n) is 2.14. The van der Waals surface area contributed by atoms with Gasteiger partial charge in [0, 0.05) is 11.3 Å². The van der Waals surface area contributed by atoms with Gasteiger partial charge in [0.1, 0.15) is 13.2 Å². The molecule has 6 heteroatoms. The Morgan fingerprint density at radius 2 is 1.95 bits per heavy atom. The molecular weight excluding hydrogens is 276 g/mol. The van der Waals surface area contributed by atoms with Crippen molar-refractivity contribution in [2.45, 2.75) is 6.42 Å². The van der Waals surface area contributed by atoms with Crippen LogP contribution in [0.2, 0.25) is 0 Å². The maximum Gasteiger partial charge on any atom is 0.251 e. The van der Waals surface area contributed by atoms with E-state index in [0.717, 1.165) is 21.9 Å². The first-order valence-corrected chi connectivity index (χ1v) is 7.01. The van der Waals surface area contributed by atoms with Crippen LogP contribution in [0.4, 0.5) is 5.00 Å². The van der Waals surface area contributed by atoms with E-state index in [1.165, 1.54) is 11.3 Å². The van der Waals surface area contributed by atoms with Gasteiger partial charge < -0.3 is 20.9 Å². The van der Waals surface area contributed by atoms with Gasteiger partial charge in [0.15, 0.2) is 11.5 Å². The summed E-state index contributed by atoms with van der Waals surface area (Å²) in [6.45, 7) is 1.14. The largest absolute Gasteiger partial charge is 0.486 e. The number of primary amides is 1. The van der Waals surface area contributed by atoms with Crippen molar-refractivity contribution < 1.29 is 14.3 Å². The molecule has 0 unspecified atom stereocenters. The lowest BCUT2D eigenvalue weighted by Gasteiger charge is -2.18. The number of rotatable bonds is 3. The standard InChI is InChI=1S/C14H14N2O3S/c15-13(17)10-7-9(20-14(10)16)5-8-1-2-11-12(6-8)19-4-3-18-11/h1-2,6-7H,3-5,16H2,(H2,15,17). The highest BCUT2D eigenvalue weighted by Crippen LogP contribution is 2.33. The topological polar surface area (TPSA) is 87.6 Å². The predicted octanol–water partition coefficient (Wildman–Crippen LogP) is 1.79. The van der Waals surface area contributed by atoms with Gasteiger partial charge in [-0.1, -0.05) is 6.07 Å². The van der Waals surface area contributed by atoms with E-state index in [1.54, 1.807) is 6.07 Å². The highest BCUT2D eigenvalue weighted by molar-refractivity contribution is 7.16. The van der Waals surface area contributed by atoms with Gasteiger partial charge in [-0.05, 0) is 23.8 Å². The number of benzene rings is 1. The number of nitrogens with two attached hydrogens (primary N) is 2. The molecule has 20 heavy (non-hydrogen) atoms. The number of carbonyl (C=O) groups excluding carboxylic acids is 1. The molecule has 4 N–H and O–H groups in total. The van der Waals surface area contributed by atoms with Crippen molar-refractivity contribution in [1.29, 1.82) is 0 Å². The lowest BCUT2D eigenvalue weighted by atomic mass is 10.1. The van der Waals surface area contributed by atoms with Crippen LogP contribution >= 0.6 is 11.3 Å². The average Bonchev–Trinajstić information content (AvgIpc) is 2.79. The molecule has 3 rings (SSSR count). The van der Waals surface area contributed by atoms with Gasteiger partial charge in [-0.2, -0.15) is 0 Å². The summed E-state index contributed by atoms with van der Waals surface area (Å²) in [5, 5.41) is 0.463. The van der Waals surface area contributed by atoms with Crippen LogP contribution in [-0.2, 0) is 6.42 Å². The molecule has 0 saturated carbocycles. The van der Waals surface area contributed by atoms with Gasteiger partial charge in [-0.3, -0.25) is 4.79 Å². The van der Waals surface area contributed by atoms with Crippen molar-refractivity contribution in [2.75, 3.05) is 18.9 Å². The second kappa shape index (κ2) is 5.05. The Morgan fingerprint density at radius 1 is 1.20 bits per heavy atom. The first-order chi connectivity index (χ1) is 9.63. The van der Waals surface area contributed by atoms with Crippen molar-refractivity contribution in [3.8, 4) is 11.5 Å². The molecule has 1 aromatic heterocycles. The molecule has 0 radical (unpaired) electrons. The maximum absolute atomic E-state index is 11.2. The minimum Gasteiger partial charge on any atom is -0.486 e. The summed E-state index contributed by atoms with van der Waals surface area (Å²) in [5.74, 6) is 1.03. The quantitative estimate of drug-likeness (QED) is 0.902. The Hall–Kier alpha value is -2.21. The summed E-state index contributed by atoms with van der Waals surface area (Å²) in [4.78, 5) is 12.2. The fourth-order valence-corrected chi connectivity index (χ4v) is 3.10. The van der Waals surface area contributed by atoms with Crippen molar-refractivity contribution in [3.05, 3.63) is 40.3 Å². The number of nitrogen functional groups attached to an aromatic ring is 1. The summed E-state index contributed by atoms with van der Waals surface area (Å²) in [6.07, 6.45) is 0.679. The minimum absolute atomic E-state index is 0.391. The molecule has 0 atom stereocenters. The van der Waals surface area contributed by atoms with E-state index >= 15 is 0 Å². The van der Waals surface area contributed by atoms with Crippen LogP contribution in [0, 0.1) is 0 Å². The molecule has 1 aromatic carbocycles. The molecule has 2 aromatic rings. The Balaban J connectivity index is 1.84. The highest BCUT2D eigenvalue weighted by Gasteiger charge is 2.14. The number of thiophene rings is 1. The molecule has 1 aliphatic rings. The fraction of sp³-hybridized carbons (Fsp3) is 0.214. The zero-order chi connectivity index (χ0) is 14.1. The molecule has 5 nitrogen and oxygen atoms in total. The Bertz CT molecular complexity index is 666. The summed E-state index contributed by atoms with van der Waals surface area (Å²) >= 11 is 1.38. The van der Waals surface area contributed by atoms with Crippen LogP contribution in [0.15, 0.2) is 24.3 Å². The molecule has 0 fully saturated rings. The number of ether oxygens (including phenoxy) is 2. The van der Waals surface area contributed by atoms with E-state index in [-0.39, 0.29) is 0 Å². The van der Waals surface area contributed by atoms with Crippen LogP contribution in [0.5, 0.6) is 11.5 Å². The third-order valence-electron chi connectivity index (χ3n) is 3.06. The van der Waals surface area contributed by atoms with Crippen LogP contribution in [0.3, 0.4) is 0 Å². The van der Waals surface area contributed by atoms with E-state index in [1.807, 2.05) is 18.2 Å². The zero-order valence-corrected chi connectivity index (χ0v) is 11.5. The Labute approximate surface area is 120 Å². The lowest BCUT2D eigenvalue weighted by Crippen LogP contribution is -2.15. The second-order valence-corrected chi connectivity index (χ2v) is 5.68. The zero-order valence-electron chi connectivity index (χ0n) is 10.7. The van der Waals surface area contributed by atoms with Gasteiger partial charge >= 0.3 is 0 Å². The monoisotopic (exact) mass is 290 g/mol. The molecule has 0 aliphatic carbocycles. The molecule has 0 saturated heterocycles. The second-order valence-electron chi connectivity index (χ2n) is 4.51. The molecular formula is C14H14N2O3S. The first kappa shape index (κ1) is 12.8. The van der Waals surface area contributed by atoms with E-state index in [4.69, 9.17) is 20.9 Å². The number of hydrogen-bond donors (Lipinski definition) is 2. The Kier molecular flexibility index (Phi) is 3.23. The molecule has 0 bridgehead atoms. The molecule has 104 valence electrons. The predicted molar refractivity (Wildman–Crippen MR) is 77.5 cm³/mol. The van der Waals surface area contributed by atoms with E-state index in [0.29, 0.717) is 30.2 Å². The number of hydrogen-bond acceptors (Lipinski definition) is 5. The third-order valence-corrected chi connectivity index (χ3v) is 4.03. The van der Waals surface area contributed by atoms with Gasteiger partial charge in [0.2, 0.25) is 0 Å². The number of carbonyl (C=O) groups is 1. The third kappa shape index (κ3) is 2.42. The van der Waals surface area contributed by atoms with Crippen molar-refractivity contribution in [3.63, 3.8) is 0 Å². The minimum atomic E-state index is -0.493. The summed E-state index contributed by atoms with van der Waals surface area (Å²) < 4.78 is 11.0. The van der Waals surface area contributed by atoms with Gasteiger partial charge in [-0.15, -0.1) is 11.3 Å². The summed E-state index contributed by atoms with van der Waals surface area (Å²) in [7, 11) is 0. The lowest BCUT2D eigenvalue weighted by molar-refractivity contribution is 0.100. The van der Waals surface area contributed by atoms with Crippen LogP contribution < -0.4 is 20.9 Å². The number of amides is 1. The SMILES string of the molecule is NC(=O)c1cc(Cc2ccc3c(c2)OCCO3)sc1N. The van der Waals surface area contributed by atoms with Crippen molar-refractivity contribution in [2.24, 2.45) is 5.73 Å². The average molecular weight is 290 g/mol. The normalized spacial score (nSPS) is 13.2. The van der Waals surface area contributed by atoms with Gasteiger partial charge in [-0.25, -0.2) is 0 Å². The van der Waals surface area contributed by atoms with Gasteiger partial charge in [0.05, 0.1) is 10.6 Å². The van der Waals surface area contributed by atoms with Crippen LogP contribution in [-0.4, -0.2) is 19.1 Å². The van der Waals surface area contributed by atoms with Gasteiger partial charge in [0.25, 0.3) is 5.91 Å². The molecule has 1 amide bonds. The highest BCUT2D eigenvalue weighted by atomic mass is 32.1. The van der Waals surface area contributed by atoms with Crippen LogP contribution in [0.25, 0.3) is 0 Å². The summed E-state index contributed by atoms with van der Waals surface area (Å²) in [5.41, 5.74) is 12.5. The van der Waals surface area contributed by atoms with Crippen molar-refractivity contribution >= 4 is 22.2 Å². The molecule has 2 heterocycles. The number of anilines is 1. The first-order valence-electron chi connectivity index (χ1n) is 6.20. The van der Waals surface area contributed by atoms with E-state index in [2.05, 4.69) is 0 Å². The van der Waals surface area contributed by atoms with Crippen molar-refractivity contribution in [1.82, 2.24) is 0 Å². The van der Waals surface area contributed by atoms with Crippen LogP contribution in [0.1, 0.15) is 20.8 Å². The van der Waals surface area contributed by atoms with E-state index < -0.39 is 5.91 Å². The molecule has 0 spiro atoms. The van der Waals surface area contributed by atoms with E-state index in [9.17, 15) is 4.79 Å². The number of fused-ring (bicyclic) bond motifs is 1. The maximum atomic E-state index is 11.2.